The molecule has 0 radical (unpaired) electrons. The van der Waals surface area contributed by atoms with Gasteiger partial charge in [-0.1, -0.05) is 44.8 Å². The van der Waals surface area contributed by atoms with Crippen LogP contribution in [-0.2, 0) is 9.53 Å². The van der Waals surface area contributed by atoms with Gasteiger partial charge >= 0.3 is 5.97 Å². The van der Waals surface area contributed by atoms with Gasteiger partial charge in [0.25, 0.3) is 0 Å². The van der Waals surface area contributed by atoms with Crippen LogP contribution in [0, 0.1) is 0 Å². The number of hydrogen-bond acceptors (Lipinski definition) is 5. The molecule has 24 heavy (non-hydrogen) atoms. The Morgan fingerprint density at radius 3 is 2.54 bits per heavy atom. The Kier molecular flexibility index (Phi) is 10.2. The molecule has 0 saturated carbocycles. The SMILES string of the molecule is CC[C@H](O)[C@H]1C[C@@H](O)[C@H](/C=C/[C@H](O)CCCCCCCC(=O)O)O1. The minimum atomic E-state index is -0.749. The zero-order valence-electron chi connectivity index (χ0n) is 14.5. The minimum Gasteiger partial charge on any atom is -0.481 e. The van der Waals surface area contributed by atoms with Crippen LogP contribution < -0.4 is 0 Å². The first-order chi connectivity index (χ1) is 11.4. The van der Waals surface area contributed by atoms with Gasteiger partial charge in [0.1, 0.15) is 6.10 Å². The number of carbonyl (C=O) groups is 1. The summed E-state index contributed by atoms with van der Waals surface area (Å²) in [5.41, 5.74) is 0. The van der Waals surface area contributed by atoms with E-state index in [1.165, 1.54) is 0 Å². The van der Waals surface area contributed by atoms with Crippen LogP contribution in [-0.4, -0.2) is 56.9 Å². The second kappa shape index (κ2) is 11.6. The highest BCUT2D eigenvalue weighted by molar-refractivity contribution is 5.66. The maximum Gasteiger partial charge on any atom is 0.303 e. The molecule has 140 valence electrons. The summed E-state index contributed by atoms with van der Waals surface area (Å²) in [6.45, 7) is 1.87. The Morgan fingerprint density at radius 2 is 1.88 bits per heavy atom. The maximum atomic E-state index is 10.4. The van der Waals surface area contributed by atoms with E-state index in [1.807, 2.05) is 6.92 Å². The molecule has 0 bridgehead atoms. The molecule has 4 N–H and O–H groups in total. The van der Waals surface area contributed by atoms with Gasteiger partial charge in [-0.2, -0.15) is 0 Å². The molecule has 0 aliphatic carbocycles. The monoisotopic (exact) mass is 344 g/mol. The van der Waals surface area contributed by atoms with Crippen molar-refractivity contribution in [1.29, 1.82) is 0 Å². The predicted octanol–water partition coefficient (Wildman–Crippen LogP) is 2.01. The summed E-state index contributed by atoms with van der Waals surface area (Å²) < 4.78 is 5.62. The molecule has 1 heterocycles. The molecule has 1 rings (SSSR count). The topological polar surface area (TPSA) is 107 Å². The molecule has 1 aliphatic rings. The summed E-state index contributed by atoms with van der Waals surface area (Å²) in [7, 11) is 0. The molecule has 0 aromatic rings. The van der Waals surface area contributed by atoms with Gasteiger partial charge in [0.2, 0.25) is 0 Å². The lowest BCUT2D eigenvalue weighted by Gasteiger charge is -2.16. The highest BCUT2D eigenvalue weighted by atomic mass is 16.5. The van der Waals surface area contributed by atoms with E-state index >= 15 is 0 Å². The fourth-order valence-electron chi connectivity index (χ4n) is 2.90. The number of rotatable bonds is 12. The van der Waals surface area contributed by atoms with Crippen LogP contribution in [0.15, 0.2) is 12.2 Å². The molecule has 1 fully saturated rings. The molecular weight excluding hydrogens is 312 g/mol. The quantitative estimate of drug-likeness (QED) is 0.319. The lowest BCUT2D eigenvalue weighted by molar-refractivity contribution is -0.137. The second-order valence-electron chi connectivity index (χ2n) is 6.57. The van der Waals surface area contributed by atoms with E-state index in [1.54, 1.807) is 12.2 Å². The van der Waals surface area contributed by atoms with E-state index in [0.717, 1.165) is 25.7 Å². The Labute approximate surface area is 144 Å². The van der Waals surface area contributed by atoms with Crippen molar-refractivity contribution in [3.05, 3.63) is 12.2 Å². The first kappa shape index (κ1) is 21.1. The molecule has 0 aromatic carbocycles. The number of unbranched alkanes of at least 4 members (excludes halogenated alkanes) is 4. The molecule has 0 unspecified atom stereocenters. The number of carboxylic acids is 1. The third-order valence-electron chi connectivity index (χ3n) is 4.45. The smallest absolute Gasteiger partial charge is 0.303 e. The van der Waals surface area contributed by atoms with Crippen molar-refractivity contribution in [1.82, 2.24) is 0 Å². The third-order valence-corrected chi connectivity index (χ3v) is 4.45. The van der Waals surface area contributed by atoms with E-state index in [0.29, 0.717) is 25.7 Å². The van der Waals surface area contributed by atoms with E-state index in [2.05, 4.69) is 0 Å². The molecule has 5 atom stereocenters. The van der Waals surface area contributed by atoms with Gasteiger partial charge < -0.3 is 25.2 Å². The maximum absolute atomic E-state index is 10.4. The van der Waals surface area contributed by atoms with Crippen LogP contribution in [0.25, 0.3) is 0 Å². The number of ether oxygens (including phenoxy) is 1. The largest absolute Gasteiger partial charge is 0.481 e. The van der Waals surface area contributed by atoms with Crippen LogP contribution in [0.1, 0.15) is 64.7 Å². The molecule has 0 amide bonds. The Morgan fingerprint density at radius 1 is 1.21 bits per heavy atom. The van der Waals surface area contributed by atoms with Crippen molar-refractivity contribution in [2.45, 2.75) is 95.2 Å². The molecule has 0 spiro atoms. The molecule has 1 saturated heterocycles. The van der Waals surface area contributed by atoms with Gasteiger partial charge in [0.05, 0.1) is 24.4 Å². The highest BCUT2D eigenvalue weighted by Gasteiger charge is 2.35. The average molecular weight is 344 g/mol. The van der Waals surface area contributed by atoms with Gasteiger partial charge in [0.15, 0.2) is 0 Å². The van der Waals surface area contributed by atoms with Crippen LogP contribution in [0.2, 0.25) is 0 Å². The standard InChI is InChI=1S/C18H32O6/c1-2-14(20)17-12-15(21)16(24-17)11-10-13(19)8-6-4-3-5-7-9-18(22)23/h10-11,13-17,19-21H,2-9,12H2,1H3,(H,22,23)/b11-10+/t13-,14+,15-,16+,17-/m1/s1. The summed E-state index contributed by atoms with van der Waals surface area (Å²) in [5.74, 6) is -0.749. The third kappa shape index (κ3) is 8.24. The molecular formula is C18H32O6. The van der Waals surface area contributed by atoms with Crippen molar-refractivity contribution in [2.75, 3.05) is 0 Å². The van der Waals surface area contributed by atoms with Gasteiger partial charge in [-0.15, -0.1) is 0 Å². The van der Waals surface area contributed by atoms with E-state index in [9.17, 15) is 20.1 Å². The van der Waals surface area contributed by atoms with Crippen molar-refractivity contribution in [2.24, 2.45) is 0 Å². The first-order valence-electron chi connectivity index (χ1n) is 9.03. The number of carboxylic acid groups (broad SMARTS) is 1. The van der Waals surface area contributed by atoms with Crippen molar-refractivity contribution in [3.8, 4) is 0 Å². The average Bonchev–Trinajstić information content (AvgIpc) is 2.92. The van der Waals surface area contributed by atoms with Crippen LogP contribution in [0.4, 0.5) is 0 Å². The Hall–Kier alpha value is -0.950. The predicted molar refractivity (Wildman–Crippen MR) is 90.7 cm³/mol. The van der Waals surface area contributed by atoms with E-state index < -0.39 is 30.4 Å². The van der Waals surface area contributed by atoms with Gasteiger partial charge in [0, 0.05) is 12.8 Å². The molecule has 6 heteroatoms. The first-order valence-corrected chi connectivity index (χ1v) is 9.03. The lowest BCUT2D eigenvalue weighted by atomic mass is 10.0. The zero-order chi connectivity index (χ0) is 17.9. The van der Waals surface area contributed by atoms with E-state index in [-0.39, 0.29) is 12.5 Å². The van der Waals surface area contributed by atoms with Crippen molar-refractivity contribution in [3.63, 3.8) is 0 Å². The number of aliphatic hydroxyl groups excluding tert-OH is 3. The normalized spacial score (nSPS) is 26.8. The van der Waals surface area contributed by atoms with Gasteiger partial charge in [-0.3, -0.25) is 4.79 Å². The number of hydrogen-bond donors (Lipinski definition) is 4. The minimum absolute atomic E-state index is 0.225. The molecule has 6 nitrogen and oxygen atoms in total. The molecule has 0 aromatic heterocycles. The Bertz CT molecular complexity index is 384. The Balaban J connectivity index is 2.15. The van der Waals surface area contributed by atoms with Gasteiger partial charge in [-0.25, -0.2) is 0 Å². The fourth-order valence-corrected chi connectivity index (χ4v) is 2.90. The summed E-state index contributed by atoms with van der Waals surface area (Å²) in [6, 6.07) is 0. The van der Waals surface area contributed by atoms with Crippen LogP contribution >= 0.6 is 0 Å². The molecule has 1 aliphatic heterocycles. The van der Waals surface area contributed by atoms with Crippen LogP contribution in [0.5, 0.6) is 0 Å². The fraction of sp³-hybridized carbons (Fsp3) is 0.833. The van der Waals surface area contributed by atoms with Crippen LogP contribution in [0.3, 0.4) is 0 Å². The van der Waals surface area contributed by atoms with Crippen molar-refractivity contribution >= 4 is 5.97 Å². The van der Waals surface area contributed by atoms with Gasteiger partial charge in [-0.05, 0) is 19.3 Å². The summed E-state index contributed by atoms with van der Waals surface area (Å²) in [4.78, 5) is 10.4. The van der Waals surface area contributed by atoms with E-state index in [4.69, 9.17) is 9.84 Å². The van der Waals surface area contributed by atoms with Crippen molar-refractivity contribution < 1.29 is 30.0 Å². The summed E-state index contributed by atoms with van der Waals surface area (Å²) in [6.07, 6.45) is 7.04. The second-order valence-corrected chi connectivity index (χ2v) is 6.57. The zero-order valence-corrected chi connectivity index (χ0v) is 14.5. The summed E-state index contributed by atoms with van der Waals surface area (Å²) >= 11 is 0. The number of aliphatic hydroxyl groups is 3. The lowest BCUT2D eigenvalue weighted by Crippen LogP contribution is -2.25. The summed E-state index contributed by atoms with van der Waals surface area (Å²) in [5, 5.41) is 38.2. The number of aliphatic carboxylic acids is 1. The highest BCUT2D eigenvalue weighted by Crippen LogP contribution is 2.25.